The Kier molecular flexibility index (Phi) is 8.94. The maximum Gasteiger partial charge on any atom is 0.410 e. The van der Waals surface area contributed by atoms with Gasteiger partial charge in [-0.3, -0.25) is 4.90 Å². The van der Waals surface area contributed by atoms with E-state index in [1.807, 2.05) is 60.7 Å². The summed E-state index contributed by atoms with van der Waals surface area (Å²) in [6, 6.07) is 18.3. The monoisotopic (exact) mass is 483 g/mol. The van der Waals surface area contributed by atoms with Gasteiger partial charge in [0.1, 0.15) is 18.8 Å². The van der Waals surface area contributed by atoms with Crippen molar-refractivity contribution in [2.24, 2.45) is 0 Å². The molecule has 0 spiro atoms. The lowest BCUT2D eigenvalue weighted by molar-refractivity contribution is 0.0280. The molecule has 0 aromatic heterocycles. The summed E-state index contributed by atoms with van der Waals surface area (Å²) in [6.07, 6.45) is -1.59. The van der Waals surface area contributed by atoms with Crippen LogP contribution in [-0.2, 0) is 27.4 Å². The quantitative estimate of drug-likeness (QED) is 0.620. The third-order valence-corrected chi connectivity index (χ3v) is 5.27. The number of piperazine rings is 1. The SMILES string of the molecule is CC(C)(C)OC(=O)NCC1CN(C(=O)OCc2ccccc2)CCN1C(=O)OCc1ccccc1. The minimum atomic E-state index is -0.655. The van der Waals surface area contributed by atoms with E-state index in [0.29, 0.717) is 0 Å². The number of carbonyl (C=O) groups excluding carboxylic acids is 3. The first-order chi connectivity index (χ1) is 16.7. The molecule has 1 N–H and O–H groups in total. The molecule has 0 bridgehead atoms. The summed E-state index contributed by atoms with van der Waals surface area (Å²) < 4.78 is 16.2. The van der Waals surface area contributed by atoms with Crippen LogP contribution in [0.15, 0.2) is 60.7 Å². The zero-order valence-corrected chi connectivity index (χ0v) is 20.4. The van der Waals surface area contributed by atoms with E-state index >= 15 is 0 Å². The topological polar surface area (TPSA) is 97.4 Å². The number of nitrogens with one attached hydrogen (secondary N) is 1. The molecule has 9 nitrogen and oxygen atoms in total. The van der Waals surface area contributed by atoms with Crippen LogP contribution >= 0.6 is 0 Å². The maximum absolute atomic E-state index is 12.9. The third kappa shape index (κ3) is 8.51. The van der Waals surface area contributed by atoms with E-state index < -0.39 is 29.9 Å². The van der Waals surface area contributed by atoms with Crippen molar-refractivity contribution in [2.75, 3.05) is 26.2 Å². The van der Waals surface area contributed by atoms with Crippen LogP contribution in [0.25, 0.3) is 0 Å². The first-order valence-corrected chi connectivity index (χ1v) is 11.6. The van der Waals surface area contributed by atoms with E-state index in [2.05, 4.69) is 5.32 Å². The molecule has 35 heavy (non-hydrogen) atoms. The lowest BCUT2D eigenvalue weighted by atomic mass is 10.2. The standard InChI is InChI=1S/C26H33N3O6/c1-26(2,3)35-23(30)27-16-22-17-28(24(31)33-18-20-10-6-4-7-11-20)14-15-29(22)25(32)34-19-21-12-8-5-9-13-21/h4-13,22H,14-19H2,1-3H3,(H,27,30). The number of hydrogen-bond acceptors (Lipinski definition) is 6. The second-order valence-corrected chi connectivity index (χ2v) is 9.26. The zero-order chi connectivity index (χ0) is 25.3. The van der Waals surface area contributed by atoms with Gasteiger partial charge < -0.3 is 24.4 Å². The first kappa shape index (κ1) is 25.9. The van der Waals surface area contributed by atoms with Gasteiger partial charge in [0, 0.05) is 26.2 Å². The Morgan fingerprint density at radius 3 is 1.94 bits per heavy atom. The maximum atomic E-state index is 12.9. The highest BCUT2D eigenvalue weighted by molar-refractivity contribution is 5.71. The highest BCUT2D eigenvalue weighted by Crippen LogP contribution is 2.15. The van der Waals surface area contributed by atoms with Gasteiger partial charge in [0.15, 0.2) is 0 Å². The summed E-state index contributed by atoms with van der Waals surface area (Å²) in [4.78, 5) is 40.8. The predicted octanol–water partition coefficient (Wildman–Crippen LogP) is 4.17. The molecule has 0 saturated carbocycles. The Hall–Kier alpha value is -3.75. The molecule has 2 aromatic carbocycles. The van der Waals surface area contributed by atoms with Crippen LogP contribution in [-0.4, -0.2) is 65.9 Å². The Balaban J connectivity index is 1.61. The first-order valence-electron chi connectivity index (χ1n) is 11.6. The minimum absolute atomic E-state index is 0.0951. The highest BCUT2D eigenvalue weighted by Gasteiger charge is 2.34. The normalized spacial score (nSPS) is 15.8. The van der Waals surface area contributed by atoms with Crippen molar-refractivity contribution in [1.29, 1.82) is 0 Å². The van der Waals surface area contributed by atoms with Crippen molar-refractivity contribution in [3.8, 4) is 0 Å². The van der Waals surface area contributed by atoms with E-state index in [-0.39, 0.29) is 39.4 Å². The van der Waals surface area contributed by atoms with Crippen LogP contribution in [0.3, 0.4) is 0 Å². The number of alkyl carbamates (subject to hydrolysis) is 1. The van der Waals surface area contributed by atoms with Crippen LogP contribution in [0.1, 0.15) is 31.9 Å². The smallest absolute Gasteiger partial charge is 0.410 e. The lowest BCUT2D eigenvalue weighted by Crippen LogP contribution is -2.60. The molecule has 1 saturated heterocycles. The van der Waals surface area contributed by atoms with Crippen molar-refractivity contribution >= 4 is 18.3 Å². The van der Waals surface area contributed by atoms with Gasteiger partial charge in [-0.25, -0.2) is 14.4 Å². The average Bonchev–Trinajstić information content (AvgIpc) is 2.84. The molecule has 2 aromatic rings. The molecule has 1 heterocycles. The minimum Gasteiger partial charge on any atom is -0.445 e. The van der Waals surface area contributed by atoms with Crippen molar-refractivity contribution in [3.63, 3.8) is 0 Å². The van der Waals surface area contributed by atoms with Gasteiger partial charge in [0.25, 0.3) is 0 Å². The Morgan fingerprint density at radius 1 is 0.857 bits per heavy atom. The van der Waals surface area contributed by atoms with Gasteiger partial charge in [0.05, 0.1) is 6.04 Å². The number of nitrogens with zero attached hydrogens (tertiary/aromatic N) is 2. The number of benzene rings is 2. The van der Waals surface area contributed by atoms with Crippen molar-refractivity contribution in [2.45, 2.75) is 45.6 Å². The zero-order valence-electron chi connectivity index (χ0n) is 20.4. The van der Waals surface area contributed by atoms with Crippen molar-refractivity contribution in [1.82, 2.24) is 15.1 Å². The molecule has 1 atom stereocenters. The van der Waals surface area contributed by atoms with Crippen LogP contribution in [0.5, 0.6) is 0 Å². The summed E-state index contributed by atoms with van der Waals surface area (Å²) in [7, 11) is 0. The van der Waals surface area contributed by atoms with E-state index in [4.69, 9.17) is 14.2 Å². The van der Waals surface area contributed by atoms with Gasteiger partial charge in [0.2, 0.25) is 0 Å². The van der Waals surface area contributed by atoms with Gasteiger partial charge >= 0.3 is 18.3 Å². The highest BCUT2D eigenvalue weighted by atomic mass is 16.6. The summed E-state index contributed by atoms with van der Waals surface area (Å²) in [5.74, 6) is 0. The molecule has 3 rings (SSSR count). The molecule has 1 aliphatic heterocycles. The fourth-order valence-electron chi connectivity index (χ4n) is 3.56. The third-order valence-electron chi connectivity index (χ3n) is 5.27. The number of amides is 3. The summed E-state index contributed by atoms with van der Waals surface area (Å²) in [5, 5.41) is 2.70. The Morgan fingerprint density at radius 2 is 1.40 bits per heavy atom. The molecular formula is C26H33N3O6. The molecule has 3 amide bonds. The lowest BCUT2D eigenvalue weighted by Gasteiger charge is -2.40. The van der Waals surface area contributed by atoms with Gasteiger partial charge in [-0.1, -0.05) is 60.7 Å². The molecule has 9 heteroatoms. The molecule has 1 aliphatic rings. The van der Waals surface area contributed by atoms with Crippen LogP contribution < -0.4 is 5.32 Å². The molecule has 1 unspecified atom stereocenters. The molecule has 0 radical (unpaired) electrons. The average molecular weight is 484 g/mol. The number of ether oxygens (including phenoxy) is 3. The largest absolute Gasteiger partial charge is 0.445 e. The second kappa shape index (κ2) is 12.1. The fourth-order valence-corrected chi connectivity index (χ4v) is 3.56. The van der Waals surface area contributed by atoms with E-state index in [1.165, 1.54) is 9.80 Å². The van der Waals surface area contributed by atoms with Crippen LogP contribution in [0.2, 0.25) is 0 Å². The number of rotatable bonds is 6. The number of carbonyl (C=O) groups is 3. The van der Waals surface area contributed by atoms with Crippen molar-refractivity contribution in [3.05, 3.63) is 71.8 Å². The van der Waals surface area contributed by atoms with E-state index in [0.717, 1.165) is 11.1 Å². The van der Waals surface area contributed by atoms with Gasteiger partial charge in [-0.2, -0.15) is 0 Å². The Labute approximate surface area is 205 Å². The van der Waals surface area contributed by atoms with Crippen LogP contribution in [0.4, 0.5) is 14.4 Å². The summed E-state index contributed by atoms with van der Waals surface area (Å²) in [5.41, 5.74) is 1.10. The molecule has 188 valence electrons. The summed E-state index contributed by atoms with van der Waals surface area (Å²) >= 11 is 0. The number of hydrogen-bond donors (Lipinski definition) is 1. The molecule has 0 aliphatic carbocycles. The molecular weight excluding hydrogens is 450 g/mol. The second-order valence-electron chi connectivity index (χ2n) is 9.26. The molecule has 1 fully saturated rings. The van der Waals surface area contributed by atoms with Gasteiger partial charge in [-0.05, 0) is 31.9 Å². The van der Waals surface area contributed by atoms with Crippen LogP contribution in [0, 0.1) is 0 Å². The summed E-state index contributed by atoms with van der Waals surface area (Å²) in [6.45, 7) is 6.40. The fraction of sp³-hybridized carbons (Fsp3) is 0.423. The predicted molar refractivity (Wildman–Crippen MR) is 130 cm³/mol. The van der Waals surface area contributed by atoms with Crippen molar-refractivity contribution < 1.29 is 28.6 Å². The van der Waals surface area contributed by atoms with Gasteiger partial charge in [-0.15, -0.1) is 0 Å². The van der Waals surface area contributed by atoms with E-state index in [9.17, 15) is 14.4 Å². The van der Waals surface area contributed by atoms with E-state index in [1.54, 1.807) is 20.8 Å². The Bertz CT molecular complexity index is 978.